The smallest absolute Gasteiger partial charge is 0.308 e. The average Bonchev–Trinajstić information content (AvgIpc) is 3.19. The molecule has 0 saturated heterocycles. The standard InChI is InChI=1S/C15H15N3O2/c1-9-3-2-4-10(5-9)11-7-16-15(17-8-11)18-13-6-12(13)14(19)20/h2-5,7-8,12-13H,6H2,1H3,(H,19,20)(H,16,17,18). The minimum absolute atomic E-state index is 0.0441. The molecular weight excluding hydrogens is 254 g/mol. The number of anilines is 1. The zero-order valence-electron chi connectivity index (χ0n) is 11.1. The van der Waals surface area contributed by atoms with Gasteiger partial charge in [0.25, 0.3) is 0 Å². The molecule has 2 N–H and O–H groups in total. The number of aliphatic carboxylic acids is 1. The molecule has 5 nitrogen and oxygen atoms in total. The third kappa shape index (κ3) is 2.61. The van der Waals surface area contributed by atoms with Crippen molar-refractivity contribution in [3.8, 4) is 11.1 Å². The van der Waals surface area contributed by atoms with Crippen LogP contribution in [0.4, 0.5) is 5.95 Å². The van der Waals surface area contributed by atoms with E-state index >= 15 is 0 Å². The van der Waals surface area contributed by atoms with E-state index in [0.29, 0.717) is 12.4 Å². The van der Waals surface area contributed by atoms with Gasteiger partial charge in [-0.3, -0.25) is 4.79 Å². The van der Waals surface area contributed by atoms with Gasteiger partial charge in [-0.25, -0.2) is 9.97 Å². The summed E-state index contributed by atoms with van der Waals surface area (Å²) >= 11 is 0. The second kappa shape index (κ2) is 4.92. The van der Waals surface area contributed by atoms with Gasteiger partial charge in [0.05, 0.1) is 5.92 Å². The van der Waals surface area contributed by atoms with Gasteiger partial charge in [0.1, 0.15) is 0 Å². The van der Waals surface area contributed by atoms with Crippen molar-refractivity contribution in [3.63, 3.8) is 0 Å². The highest BCUT2D eigenvalue weighted by Gasteiger charge is 2.43. The Labute approximate surface area is 116 Å². The SMILES string of the molecule is Cc1cccc(-c2cnc(NC3CC3C(=O)O)nc2)c1. The van der Waals surface area contributed by atoms with Crippen LogP contribution in [-0.2, 0) is 4.79 Å². The van der Waals surface area contributed by atoms with Crippen LogP contribution in [0, 0.1) is 12.8 Å². The van der Waals surface area contributed by atoms with Gasteiger partial charge in [-0.15, -0.1) is 0 Å². The zero-order chi connectivity index (χ0) is 14.1. The van der Waals surface area contributed by atoms with Crippen molar-refractivity contribution in [2.24, 2.45) is 5.92 Å². The van der Waals surface area contributed by atoms with E-state index in [4.69, 9.17) is 5.11 Å². The average molecular weight is 269 g/mol. The summed E-state index contributed by atoms with van der Waals surface area (Å²) in [7, 11) is 0. The van der Waals surface area contributed by atoms with Crippen LogP contribution in [0.3, 0.4) is 0 Å². The molecule has 0 amide bonds. The van der Waals surface area contributed by atoms with Crippen molar-refractivity contribution >= 4 is 11.9 Å². The van der Waals surface area contributed by atoms with Crippen LogP contribution < -0.4 is 5.32 Å². The molecule has 1 fully saturated rings. The Morgan fingerprint density at radius 1 is 1.30 bits per heavy atom. The van der Waals surface area contributed by atoms with Crippen LogP contribution >= 0.6 is 0 Å². The van der Waals surface area contributed by atoms with Crippen LogP contribution in [-0.4, -0.2) is 27.1 Å². The Morgan fingerprint density at radius 2 is 2.05 bits per heavy atom. The quantitative estimate of drug-likeness (QED) is 0.891. The summed E-state index contributed by atoms with van der Waals surface area (Å²) < 4.78 is 0. The van der Waals surface area contributed by atoms with Gasteiger partial charge in [0, 0.05) is 24.0 Å². The maximum atomic E-state index is 10.8. The number of nitrogens with one attached hydrogen (secondary N) is 1. The molecule has 2 unspecified atom stereocenters. The lowest BCUT2D eigenvalue weighted by Gasteiger charge is -2.05. The molecule has 5 heteroatoms. The number of rotatable bonds is 4. The Balaban J connectivity index is 1.71. The number of aryl methyl sites for hydroxylation is 1. The summed E-state index contributed by atoms with van der Waals surface area (Å²) in [5.41, 5.74) is 3.21. The normalized spacial score (nSPS) is 20.4. The van der Waals surface area contributed by atoms with Gasteiger partial charge in [-0.1, -0.05) is 29.8 Å². The third-order valence-electron chi connectivity index (χ3n) is 3.43. The molecule has 0 radical (unpaired) electrons. The van der Waals surface area contributed by atoms with E-state index < -0.39 is 5.97 Å². The number of carboxylic acid groups (broad SMARTS) is 1. The summed E-state index contributed by atoms with van der Waals surface area (Å²) in [6.45, 7) is 2.04. The fraction of sp³-hybridized carbons (Fsp3) is 0.267. The zero-order valence-corrected chi connectivity index (χ0v) is 11.1. The molecule has 3 rings (SSSR count). The van der Waals surface area contributed by atoms with Crippen molar-refractivity contribution in [1.29, 1.82) is 0 Å². The number of aromatic nitrogens is 2. The van der Waals surface area contributed by atoms with Crippen LogP contribution in [0.5, 0.6) is 0 Å². The fourth-order valence-corrected chi connectivity index (χ4v) is 2.17. The first-order chi connectivity index (χ1) is 9.63. The maximum absolute atomic E-state index is 10.8. The summed E-state index contributed by atoms with van der Waals surface area (Å²) in [6.07, 6.45) is 4.14. The number of hydrogen-bond donors (Lipinski definition) is 2. The highest BCUT2D eigenvalue weighted by Crippen LogP contribution is 2.32. The molecule has 1 aromatic carbocycles. The first-order valence-electron chi connectivity index (χ1n) is 6.52. The third-order valence-corrected chi connectivity index (χ3v) is 3.43. The molecule has 0 bridgehead atoms. The first-order valence-corrected chi connectivity index (χ1v) is 6.52. The minimum atomic E-state index is -0.765. The Kier molecular flexibility index (Phi) is 3.10. The lowest BCUT2D eigenvalue weighted by atomic mass is 10.1. The molecule has 1 aromatic heterocycles. The number of hydrogen-bond acceptors (Lipinski definition) is 4. The number of carboxylic acids is 1. The second-order valence-electron chi connectivity index (χ2n) is 5.10. The first kappa shape index (κ1) is 12.6. The van der Waals surface area contributed by atoms with Gasteiger partial charge >= 0.3 is 5.97 Å². The minimum Gasteiger partial charge on any atom is -0.481 e. The molecule has 1 heterocycles. The van der Waals surface area contributed by atoms with Crippen molar-refractivity contribution < 1.29 is 9.90 Å². The summed E-state index contributed by atoms with van der Waals surface area (Å²) in [4.78, 5) is 19.2. The van der Waals surface area contributed by atoms with E-state index in [0.717, 1.165) is 11.1 Å². The Morgan fingerprint density at radius 3 is 2.65 bits per heavy atom. The number of nitrogens with zero attached hydrogens (tertiary/aromatic N) is 2. The Hall–Kier alpha value is -2.43. The summed E-state index contributed by atoms with van der Waals surface area (Å²) in [5, 5.41) is 11.9. The molecular formula is C15H15N3O2. The monoisotopic (exact) mass is 269 g/mol. The largest absolute Gasteiger partial charge is 0.481 e. The fourth-order valence-electron chi connectivity index (χ4n) is 2.17. The van der Waals surface area contributed by atoms with E-state index in [9.17, 15) is 4.79 Å². The summed E-state index contributed by atoms with van der Waals surface area (Å²) in [5.74, 6) is -0.593. The van der Waals surface area contributed by atoms with Crippen LogP contribution in [0.25, 0.3) is 11.1 Å². The van der Waals surface area contributed by atoms with Gasteiger partial charge in [-0.2, -0.15) is 0 Å². The molecule has 1 aliphatic rings. The van der Waals surface area contributed by atoms with Crippen LogP contribution in [0.1, 0.15) is 12.0 Å². The van der Waals surface area contributed by atoms with Crippen molar-refractivity contribution in [1.82, 2.24) is 9.97 Å². The number of carbonyl (C=O) groups is 1. The predicted octanol–water partition coefficient (Wildman–Crippen LogP) is 2.34. The highest BCUT2D eigenvalue weighted by atomic mass is 16.4. The van der Waals surface area contributed by atoms with E-state index in [-0.39, 0.29) is 12.0 Å². The second-order valence-corrected chi connectivity index (χ2v) is 5.10. The van der Waals surface area contributed by atoms with E-state index in [1.54, 1.807) is 12.4 Å². The molecule has 102 valence electrons. The van der Waals surface area contributed by atoms with Gasteiger partial charge in [0.2, 0.25) is 5.95 Å². The Bertz CT molecular complexity index is 640. The van der Waals surface area contributed by atoms with Crippen molar-refractivity contribution in [2.45, 2.75) is 19.4 Å². The lowest BCUT2D eigenvalue weighted by Crippen LogP contribution is -2.12. The molecule has 20 heavy (non-hydrogen) atoms. The number of benzene rings is 1. The van der Waals surface area contributed by atoms with E-state index in [1.165, 1.54) is 5.56 Å². The van der Waals surface area contributed by atoms with E-state index in [1.807, 2.05) is 25.1 Å². The lowest BCUT2D eigenvalue weighted by molar-refractivity contribution is -0.138. The molecule has 0 aliphatic heterocycles. The van der Waals surface area contributed by atoms with Crippen molar-refractivity contribution in [3.05, 3.63) is 42.2 Å². The topological polar surface area (TPSA) is 75.1 Å². The van der Waals surface area contributed by atoms with Gasteiger partial charge in [-0.05, 0) is 18.9 Å². The van der Waals surface area contributed by atoms with Crippen LogP contribution in [0.15, 0.2) is 36.7 Å². The van der Waals surface area contributed by atoms with Crippen molar-refractivity contribution in [2.75, 3.05) is 5.32 Å². The molecule has 1 aliphatic carbocycles. The molecule has 0 spiro atoms. The van der Waals surface area contributed by atoms with Gasteiger partial charge in [0.15, 0.2) is 0 Å². The molecule has 2 atom stereocenters. The highest BCUT2D eigenvalue weighted by molar-refractivity contribution is 5.75. The molecule has 2 aromatic rings. The summed E-state index contributed by atoms with van der Waals surface area (Å²) in [6, 6.07) is 8.09. The molecule has 1 saturated carbocycles. The maximum Gasteiger partial charge on any atom is 0.308 e. The van der Waals surface area contributed by atoms with Crippen LogP contribution in [0.2, 0.25) is 0 Å². The predicted molar refractivity (Wildman–Crippen MR) is 75.4 cm³/mol. The van der Waals surface area contributed by atoms with Gasteiger partial charge < -0.3 is 10.4 Å². The van der Waals surface area contributed by atoms with E-state index in [2.05, 4.69) is 21.4 Å².